The zero-order chi connectivity index (χ0) is 17.5. The van der Waals surface area contributed by atoms with E-state index in [9.17, 15) is 14.7 Å². The number of hydrogen-bond donors (Lipinski definition) is 2. The van der Waals surface area contributed by atoms with Crippen LogP contribution >= 0.6 is 0 Å². The fourth-order valence-electron chi connectivity index (χ4n) is 2.18. The summed E-state index contributed by atoms with van der Waals surface area (Å²) in [6, 6.07) is 15.1. The van der Waals surface area contributed by atoms with Gasteiger partial charge in [-0.2, -0.15) is 0 Å². The number of amides is 1. The molecule has 0 aliphatic heterocycles. The summed E-state index contributed by atoms with van der Waals surface area (Å²) < 4.78 is 10.5. The van der Waals surface area contributed by atoms with Crippen LogP contribution in [0.15, 0.2) is 60.4 Å². The minimum absolute atomic E-state index is 0.0139. The number of carbonyl (C=O) groups excluding carboxylic acids is 1. The SMILES string of the molecule is COC(C(=O)Nc1ccccc1C(=O)O)=C(OC)c1ccccc1. The highest BCUT2D eigenvalue weighted by Gasteiger charge is 2.21. The molecule has 0 saturated heterocycles. The van der Waals surface area contributed by atoms with Gasteiger partial charge in [0.2, 0.25) is 5.76 Å². The van der Waals surface area contributed by atoms with Crippen molar-refractivity contribution in [2.24, 2.45) is 0 Å². The summed E-state index contributed by atoms with van der Waals surface area (Å²) in [6.07, 6.45) is 0. The zero-order valence-corrected chi connectivity index (χ0v) is 13.3. The summed E-state index contributed by atoms with van der Waals surface area (Å²) in [7, 11) is 2.78. The Kier molecular flexibility index (Phi) is 5.57. The van der Waals surface area contributed by atoms with Gasteiger partial charge in [-0.05, 0) is 12.1 Å². The highest BCUT2D eigenvalue weighted by Crippen LogP contribution is 2.22. The Labute approximate surface area is 139 Å². The summed E-state index contributed by atoms with van der Waals surface area (Å²) in [5, 5.41) is 11.7. The number of hydrogen-bond acceptors (Lipinski definition) is 4. The quantitative estimate of drug-likeness (QED) is 0.629. The molecule has 0 fully saturated rings. The van der Waals surface area contributed by atoms with Crippen molar-refractivity contribution >= 4 is 23.3 Å². The molecular weight excluding hydrogens is 310 g/mol. The van der Waals surface area contributed by atoms with Crippen LogP contribution in [0.2, 0.25) is 0 Å². The first kappa shape index (κ1) is 17.1. The molecule has 0 heterocycles. The van der Waals surface area contributed by atoms with Crippen molar-refractivity contribution in [3.8, 4) is 0 Å². The standard InChI is InChI=1S/C18H17NO5/c1-23-15(12-8-4-3-5-9-12)16(24-2)17(20)19-14-11-7-6-10-13(14)18(21)22/h3-11H,1-2H3,(H,19,20)(H,21,22). The molecule has 0 radical (unpaired) electrons. The van der Waals surface area contributed by atoms with Gasteiger partial charge in [-0.25, -0.2) is 4.79 Å². The lowest BCUT2D eigenvalue weighted by atomic mass is 10.1. The van der Waals surface area contributed by atoms with E-state index in [-0.39, 0.29) is 22.8 Å². The molecule has 0 spiro atoms. The molecule has 0 unspecified atom stereocenters. The van der Waals surface area contributed by atoms with Crippen molar-refractivity contribution in [2.45, 2.75) is 0 Å². The number of anilines is 1. The molecule has 1 amide bonds. The fraction of sp³-hybridized carbons (Fsp3) is 0.111. The van der Waals surface area contributed by atoms with E-state index in [1.165, 1.54) is 26.4 Å². The van der Waals surface area contributed by atoms with Crippen LogP contribution in [0.5, 0.6) is 0 Å². The lowest BCUT2D eigenvalue weighted by Crippen LogP contribution is -2.19. The van der Waals surface area contributed by atoms with Gasteiger partial charge in [0.25, 0.3) is 5.91 Å². The molecule has 0 aliphatic rings. The zero-order valence-electron chi connectivity index (χ0n) is 13.3. The summed E-state index contributed by atoms with van der Waals surface area (Å²) in [6.45, 7) is 0. The molecule has 2 aromatic rings. The average molecular weight is 327 g/mol. The van der Waals surface area contributed by atoms with E-state index in [0.29, 0.717) is 5.56 Å². The highest BCUT2D eigenvalue weighted by atomic mass is 16.5. The lowest BCUT2D eigenvalue weighted by molar-refractivity contribution is -0.115. The molecule has 2 N–H and O–H groups in total. The van der Waals surface area contributed by atoms with E-state index in [1.807, 2.05) is 6.07 Å². The predicted octanol–water partition coefficient (Wildman–Crippen LogP) is 2.98. The van der Waals surface area contributed by atoms with E-state index in [2.05, 4.69) is 5.32 Å². The number of benzene rings is 2. The second-order valence-corrected chi connectivity index (χ2v) is 4.74. The Balaban J connectivity index is 2.39. The molecule has 6 heteroatoms. The van der Waals surface area contributed by atoms with Crippen LogP contribution < -0.4 is 5.32 Å². The molecule has 0 bridgehead atoms. The lowest BCUT2D eigenvalue weighted by Gasteiger charge is -2.14. The average Bonchev–Trinajstić information content (AvgIpc) is 2.60. The first-order valence-corrected chi connectivity index (χ1v) is 7.09. The predicted molar refractivity (Wildman–Crippen MR) is 89.4 cm³/mol. The van der Waals surface area contributed by atoms with E-state index < -0.39 is 11.9 Å². The van der Waals surface area contributed by atoms with Gasteiger partial charge in [-0.3, -0.25) is 4.79 Å². The van der Waals surface area contributed by atoms with Gasteiger partial charge in [0.05, 0.1) is 25.5 Å². The number of carbonyl (C=O) groups is 2. The molecule has 2 rings (SSSR count). The van der Waals surface area contributed by atoms with Crippen LogP contribution in [0.25, 0.3) is 5.76 Å². The molecule has 0 aromatic heterocycles. The van der Waals surface area contributed by atoms with Crippen LogP contribution in [0, 0.1) is 0 Å². The maximum absolute atomic E-state index is 12.5. The Morgan fingerprint density at radius 1 is 0.917 bits per heavy atom. The Morgan fingerprint density at radius 3 is 2.12 bits per heavy atom. The van der Waals surface area contributed by atoms with Crippen molar-refractivity contribution < 1.29 is 24.2 Å². The van der Waals surface area contributed by atoms with Crippen LogP contribution in [-0.2, 0) is 14.3 Å². The monoisotopic (exact) mass is 327 g/mol. The van der Waals surface area contributed by atoms with Crippen molar-refractivity contribution in [3.05, 3.63) is 71.5 Å². The molecule has 6 nitrogen and oxygen atoms in total. The Hall–Kier alpha value is -3.28. The minimum Gasteiger partial charge on any atom is -0.492 e. The van der Waals surface area contributed by atoms with Crippen LogP contribution in [0.4, 0.5) is 5.69 Å². The van der Waals surface area contributed by atoms with Crippen molar-refractivity contribution in [1.29, 1.82) is 0 Å². The molecule has 124 valence electrons. The van der Waals surface area contributed by atoms with Crippen LogP contribution in [-0.4, -0.2) is 31.2 Å². The highest BCUT2D eigenvalue weighted by molar-refractivity contribution is 6.09. The van der Waals surface area contributed by atoms with Gasteiger partial charge >= 0.3 is 5.97 Å². The normalized spacial score (nSPS) is 11.2. The van der Waals surface area contributed by atoms with Crippen molar-refractivity contribution in [1.82, 2.24) is 0 Å². The maximum Gasteiger partial charge on any atom is 0.337 e. The minimum atomic E-state index is -1.14. The summed E-state index contributed by atoms with van der Waals surface area (Å²) >= 11 is 0. The second kappa shape index (κ2) is 7.82. The first-order valence-electron chi connectivity index (χ1n) is 7.09. The number of aromatic carboxylic acids is 1. The third-order valence-electron chi connectivity index (χ3n) is 3.26. The van der Waals surface area contributed by atoms with Crippen molar-refractivity contribution in [2.75, 3.05) is 19.5 Å². The molecule has 0 aliphatic carbocycles. The summed E-state index contributed by atoms with van der Waals surface area (Å²) in [5.41, 5.74) is 0.826. The van der Waals surface area contributed by atoms with Crippen molar-refractivity contribution in [3.63, 3.8) is 0 Å². The van der Waals surface area contributed by atoms with Gasteiger partial charge in [-0.15, -0.1) is 0 Å². The molecular formula is C18H17NO5. The number of para-hydroxylation sites is 1. The Bertz CT molecular complexity index is 768. The number of carboxylic acid groups (broad SMARTS) is 1. The largest absolute Gasteiger partial charge is 0.492 e. The van der Waals surface area contributed by atoms with Gasteiger partial charge in [0, 0.05) is 5.56 Å². The number of carboxylic acids is 1. The third kappa shape index (κ3) is 3.73. The van der Waals surface area contributed by atoms with E-state index in [0.717, 1.165) is 0 Å². The van der Waals surface area contributed by atoms with E-state index in [1.54, 1.807) is 36.4 Å². The van der Waals surface area contributed by atoms with Gasteiger partial charge in [0.1, 0.15) is 0 Å². The topological polar surface area (TPSA) is 84.9 Å². The van der Waals surface area contributed by atoms with Crippen LogP contribution in [0.3, 0.4) is 0 Å². The number of rotatable bonds is 6. The Morgan fingerprint density at radius 2 is 1.54 bits per heavy atom. The summed E-state index contributed by atoms with van der Waals surface area (Å²) in [4.78, 5) is 23.8. The van der Waals surface area contributed by atoms with E-state index >= 15 is 0 Å². The van der Waals surface area contributed by atoms with E-state index in [4.69, 9.17) is 9.47 Å². The second-order valence-electron chi connectivity index (χ2n) is 4.74. The number of nitrogens with one attached hydrogen (secondary N) is 1. The fourth-order valence-corrected chi connectivity index (χ4v) is 2.18. The number of ether oxygens (including phenoxy) is 2. The third-order valence-corrected chi connectivity index (χ3v) is 3.26. The van der Waals surface area contributed by atoms with Gasteiger partial charge < -0.3 is 19.9 Å². The number of methoxy groups -OCH3 is 2. The molecule has 24 heavy (non-hydrogen) atoms. The summed E-state index contributed by atoms with van der Waals surface area (Å²) in [5.74, 6) is -1.54. The van der Waals surface area contributed by atoms with Gasteiger partial charge in [0.15, 0.2) is 5.76 Å². The maximum atomic E-state index is 12.5. The molecule has 0 atom stereocenters. The first-order chi connectivity index (χ1) is 11.6. The molecule has 2 aromatic carbocycles. The van der Waals surface area contributed by atoms with Crippen LogP contribution in [0.1, 0.15) is 15.9 Å². The smallest absolute Gasteiger partial charge is 0.337 e. The molecule has 0 saturated carbocycles. The van der Waals surface area contributed by atoms with Gasteiger partial charge in [-0.1, -0.05) is 42.5 Å².